The average molecular weight is 406 g/mol. The Balaban J connectivity index is 1.87. The summed E-state index contributed by atoms with van der Waals surface area (Å²) in [6.07, 6.45) is 1.75. The normalized spacial score (nSPS) is 10.9. The molecular weight excluding hydrogens is 384 g/mol. The first-order chi connectivity index (χ1) is 13.3. The van der Waals surface area contributed by atoms with E-state index in [2.05, 4.69) is 5.32 Å². The zero-order valence-electron chi connectivity index (χ0n) is 15.4. The number of hydrogen-bond acceptors (Lipinski definition) is 6. The van der Waals surface area contributed by atoms with Crippen molar-refractivity contribution in [3.05, 3.63) is 54.1 Å². The Morgan fingerprint density at radius 3 is 2.46 bits per heavy atom. The van der Waals surface area contributed by atoms with E-state index in [1.54, 1.807) is 24.3 Å². The van der Waals surface area contributed by atoms with Gasteiger partial charge in [0.2, 0.25) is 10.0 Å². The third-order valence-corrected chi connectivity index (χ3v) is 4.55. The van der Waals surface area contributed by atoms with Crippen molar-refractivity contribution >= 4 is 27.6 Å². The van der Waals surface area contributed by atoms with E-state index < -0.39 is 21.9 Å². The topological polar surface area (TPSA) is 125 Å². The lowest BCUT2D eigenvalue weighted by atomic mass is 10.2. The Bertz CT molecular complexity index is 926. The summed E-state index contributed by atoms with van der Waals surface area (Å²) in [4.78, 5) is 23.7. The highest BCUT2D eigenvalue weighted by molar-refractivity contribution is 7.89. The number of carbonyl (C=O) groups is 2. The molecule has 0 aliphatic rings. The summed E-state index contributed by atoms with van der Waals surface area (Å²) in [5, 5.41) is 7.59. The maximum Gasteiger partial charge on any atom is 0.338 e. The second-order valence-corrected chi connectivity index (χ2v) is 7.48. The minimum atomic E-state index is -3.86. The van der Waals surface area contributed by atoms with Crippen LogP contribution in [-0.2, 0) is 19.6 Å². The number of nitrogens with one attached hydrogen (secondary N) is 1. The third kappa shape index (κ3) is 6.67. The Morgan fingerprint density at radius 2 is 1.82 bits per heavy atom. The van der Waals surface area contributed by atoms with Gasteiger partial charge in [-0.15, -0.1) is 0 Å². The summed E-state index contributed by atoms with van der Waals surface area (Å²) < 4.78 is 33.2. The van der Waals surface area contributed by atoms with Crippen molar-refractivity contribution in [2.75, 3.05) is 18.5 Å². The van der Waals surface area contributed by atoms with Gasteiger partial charge in [-0.1, -0.05) is 19.4 Å². The number of ether oxygens (including phenoxy) is 2. The van der Waals surface area contributed by atoms with Crippen molar-refractivity contribution in [1.82, 2.24) is 0 Å². The maximum absolute atomic E-state index is 12.0. The molecule has 28 heavy (non-hydrogen) atoms. The number of carbonyl (C=O) groups excluding carboxylic acids is 2. The predicted molar refractivity (Wildman–Crippen MR) is 104 cm³/mol. The van der Waals surface area contributed by atoms with Crippen LogP contribution in [0.3, 0.4) is 0 Å². The van der Waals surface area contributed by atoms with Gasteiger partial charge in [0.05, 0.1) is 17.1 Å². The van der Waals surface area contributed by atoms with E-state index in [9.17, 15) is 18.0 Å². The van der Waals surface area contributed by atoms with Crippen LogP contribution in [0.1, 0.15) is 30.1 Å². The van der Waals surface area contributed by atoms with E-state index in [0.29, 0.717) is 17.9 Å². The van der Waals surface area contributed by atoms with Gasteiger partial charge in [-0.25, -0.2) is 18.4 Å². The second kappa shape index (κ2) is 9.86. The molecule has 0 aromatic heterocycles. The minimum Gasteiger partial charge on any atom is -0.484 e. The van der Waals surface area contributed by atoms with Gasteiger partial charge in [-0.3, -0.25) is 4.79 Å². The number of hydrogen-bond donors (Lipinski definition) is 2. The summed E-state index contributed by atoms with van der Waals surface area (Å²) in [6, 6.07) is 11.8. The molecule has 0 aliphatic carbocycles. The largest absolute Gasteiger partial charge is 0.484 e. The SMILES string of the molecule is CCCCOC(=O)c1ccc(OCC(=O)Nc2cccc(S(N)(=O)=O)c2)cc1. The molecule has 0 spiro atoms. The standard InChI is InChI=1S/C19H22N2O6S/c1-2-3-11-26-19(23)14-7-9-16(10-8-14)27-13-18(22)21-15-5-4-6-17(12-15)28(20,24)25/h4-10,12H,2-3,11,13H2,1H3,(H,21,22)(H2,20,24,25). The van der Waals surface area contributed by atoms with Gasteiger partial charge in [0.15, 0.2) is 6.61 Å². The van der Waals surface area contributed by atoms with Crippen LogP contribution in [0.5, 0.6) is 5.75 Å². The molecule has 0 unspecified atom stereocenters. The van der Waals surface area contributed by atoms with Crippen molar-refractivity contribution in [3.8, 4) is 5.75 Å². The molecule has 8 nitrogen and oxygen atoms in total. The van der Waals surface area contributed by atoms with Gasteiger partial charge in [0, 0.05) is 5.69 Å². The number of benzene rings is 2. The molecule has 2 aromatic carbocycles. The van der Waals surface area contributed by atoms with Crippen LogP contribution in [0.15, 0.2) is 53.4 Å². The first-order valence-corrected chi connectivity index (χ1v) is 10.2. The molecule has 2 rings (SSSR count). The van der Waals surface area contributed by atoms with E-state index in [1.165, 1.54) is 24.3 Å². The van der Waals surface area contributed by atoms with Crippen molar-refractivity contribution in [1.29, 1.82) is 0 Å². The second-order valence-electron chi connectivity index (χ2n) is 5.92. The van der Waals surface area contributed by atoms with Gasteiger partial charge >= 0.3 is 5.97 Å². The van der Waals surface area contributed by atoms with Gasteiger partial charge in [0.1, 0.15) is 5.75 Å². The molecular formula is C19H22N2O6S. The molecule has 2 aromatic rings. The van der Waals surface area contributed by atoms with Crippen LogP contribution >= 0.6 is 0 Å². The van der Waals surface area contributed by atoms with Crippen LogP contribution in [0.2, 0.25) is 0 Å². The summed E-state index contributed by atoms with van der Waals surface area (Å²) >= 11 is 0. The van der Waals surface area contributed by atoms with Gasteiger partial charge in [-0.2, -0.15) is 0 Å². The van der Waals surface area contributed by atoms with Crippen molar-refractivity contribution in [3.63, 3.8) is 0 Å². The fourth-order valence-electron chi connectivity index (χ4n) is 2.18. The van der Waals surface area contributed by atoms with E-state index in [-0.39, 0.29) is 17.2 Å². The molecule has 0 saturated heterocycles. The fourth-order valence-corrected chi connectivity index (χ4v) is 2.74. The summed E-state index contributed by atoms with van der Waals surface area (Å²) in [7, 11) is -3.86. The molecule has 0 aliphatic heterocycles. The smallest absolute Gasteiger partial charge is 0.338 e. The third-order valence-electron chi connectivity index (χ3n) is 3.64. The molecule has 0 saturated carbocycles. The molecule has 0 fully saturated rings. The van der Waals surface area contributed by atoms with E-state index in [0.717, 1.165) is 12.8 Å². The monoisotopic (exact) mass is 406 g/mol. The zero-order valence-corrected chi connectivity index (χ0v) is 16.2. The van der Waals surface area contributed by atoms with Crippen molar-refractivity contribution < 1.29 is 27.5 Å². The Kier molecular flexibility index (Phi) is 7.53. The Labute approximate surface area is 163 Å². The number of nitrogens with two attached hydrogens (primary N) is 1. The van der Waals surface area contributed by atoms with Gasteiger partial charge in [-0.05, 0) is 48.9 Å². The molecule has 0 radical (unpaired) electrons. The number of anilines is 1. The minimum absolute atomic E-state index is 0.104. The summed E-state index contributed by atoms with van der Waals surface area (Å²) in [5.41, 5.74) is 0.679. The predicted octanol–water partition coefficient (Wildman–Crippen LogP) is 2.31. The quantitative estimate of drug-likeness (QED) is 0.486. The Hall–Kier alpha value is -2.91. The highest BCUT2D eigenvalue weighted by atomic mass is 32.2. The Morgan fingerprint density at radius 1 is 1.11 bits per heavy atom. The highest BCUT2D eigenvalue weighted by Crippen LogP contribution is 2.15. The van der Waals surface area contributed by atoms with Crippen molar-refractivity contribution in [2.24, 2.45) is 5.14 Å². The lowest BCUT2D eigenvalue weighted by Crippen LogP contribution is -2.20. The molecule has 3 N–H and O–H groups in total. The first kappa shape index (κ1) is 21.4. The van der Waals surface area contributed by atoms with Crippen LogP contribution in [0, 0.1) is 0 Å². The molecule has 0 atom stereocenters. The highest BCUT2D eigenvalue weighted by Gasteiger charge is 2.11. The van der Waals surface area contributed by atoms with Crippen molar-refractivity contribution in [2.45, 2.75) is 24.7 Å². The van der Waals surface area contributed by atoms with Crippen LogP contribution in [0.4, 0.5) is 5.69 Å². The first-order valence-electron chi connectivity index (χ1n) is 8.62. The summed E-state index contributed by atoms with van der Waals surface area (Å²) in [5.74, 6) is -0.486. The molecule has 150 valence electrons. The van der Waals surface area contributed by atoms with Crippen LogP contribution in [-0.4, -0.2) is 33.5 Å². The van der Waals surface area contributed by atoms with E-state index >= 15 is 0 Å². The van der Waals surface area contributed by atoms with Gasteiger partial charge < -0.3 is 14.8 Å². The number of primary sulfonamides is 1. The number of unbranched alkanes of at least 4 members (excludes halogenated alkanes) is 1. The lowest BCUT2D eigenvalue weighted by molar-refractivity contribution is -0.118. The molecule has 0 heterocycles. The van der Waals surface area contributed by atoms with Crippen LogP contribution < -0.4 is 15.2 Å². The molecule has 9 heteroatoms. The zero-order chi connectivity index (χ0) is 20.6. The number of rotatable bonds is 9. The van der Waals surface area contributed by atoms with Crippen LogP contribution in [0.25, 0.3) is 0 Å². The molecule has 1 amide bonds. The lowest BCUT2D eigenvalue weighted by Gasteiger charge is -2.09. The fraction of sp³-hybridized carbons (Fsp3) is 0.263. The number of sulfonamides is 1. The summed E-state index contributed by atoms with van der Waals surface area (Å²) in [6.45, 7) is 2.09. The van der Waals surface area contributed by atoms with E-state index in [4.69, 9.17) is 14.6 Å². The van der Waals surface area contributed by atoms with E-state index in [1.807, 2.05) is 6.92 Å². The van der Waals surface area contributed by atoms with Gasteiger partial charge in [0.25, 0.3) is 5.91 Å². The number of esters is 1. The number of amides is 1. The maximum atomic E-state index is 12.0. The molecule has 0 bridgehead atoms. The average Bonchev–Trinajstić information content (AvgIpc) is 2.66.